The second-order valence-electron chi connectivity index (χ2n) is 4.33. The molecule has 0 fully saturated rings. The number of nitrogens with one attached hydrogen (secondary N) is 1. The van der Waals surface area contributed by atoms with Gasteiger partial charge in [0, 0.05) is 24.0 Å². The van der Waals surface area contributed by atoms with E-state index in [1.54, 1.807) is 11.3 Å². The Morgan fingerprint density at radius 3 is 2.94 bits per heavy atom. The number of anilines is 1. The Labute approximate surface area is 112 Å². The molecule has 0 bridgehead atoms. The molecule has 0 radical (unpaired) electrons. The lowest BCUT2D eigenvalue weighted by Gasteiger charge is -2.04. The summed E-state index contributed by atoms with van der Waals surface area (Å²) in [6, 6.07) is 8.12. The van der Waals surface area contributed by atoms with Crippen molar-refractivity contribution < 1.29 is 0 Å². The molecule has 0 saturated heterocycles. The molecule has 18 heavy (non-hydrogen) atoms. The van der Waals surface area contributed by atoms with Crippen molar-refractivity contribution >= 4 is 17.0 Å². The molecule has 1 heterocycles. The summed E-state index contributed by atoms with van der Waals surface area (Å²) in [6.45, 7) is 2.04. The number of rotatable bonds is 7. The van der Waals surface area contributed by atoms with Crippen LogP contribution in [0.1, 0.15) is 17.7 Å². The zero-order valence-corrected chi connectivity index (χ0v) is 11.2. The molecular weight excluding hydrogens is 242 g/mol. The van der Waals surface area contributed by atoms with Gasteiger partial charge in [-0.25, -0.2) is 4.98 Å². The molecule has 1 aromatic heterocycles. The topological polar surface area (TPSA) is 50.9 Å². The number of nitrogen functional groups attached to an aromatic ring is 1. The van der Waals surface area contributed by atoms with E-state index in [0.29, 0.717) is 0 Å². The molecule has 4 heteroatoms. The Balaban J connectivity index is 1.56. The molecule has 2 aromatic rings. The molecule has 0 spiro atoms. The van der Waals surface area contributed by atoms with Crippen molar-refractivity contribution in [1.82, 2.24) is 10.3 Å². The van der Waals surface area contributed by atoms with E-state index in [-0.39, 0.29) is 0 Å². The number of hydrogen-bond acceptors (Lipinski definition) is 4. The van der Waals surface area contributed by atoms with Gasteiger partial charge in [-0.1, -0.05) is 12.1 Å². The first kappa shape index (κ1) is 13.1. The van der Waals surface area contributed by atoms with Crippen LogP contribution in [0.5, 0.6) is 0 Å². The van der Waals surface area contributed by atoms with Crippen LogP contribution < -0.4 is 11.1 Å². The van der Waals surface area contributed by atoms with E-state index >= 15 is 0 Å². The fourth-order valence-electron chi connectivity index (χ4n) is 1.87. The summed E-state index contributed by atoms with van der Waals surface area (Å²) in [5.74, 6) is 0. The maximum Gasteiger partial charge on any atom is 0.0794 e. The fourth-order valence-corrected chi connectivity index (χ4v) is 2.46. The molecule has 0 atom stereocenters. The van der Waals surface area contributed by atoms with Crippen LogP contribution in [0.4, 0.5) is 5.69 Å². The molecule has 1 aromatic carbocycles. The summed E-state index contributed by atoms with van der Waals surface area (Å²) in [5, 5.41) is 5.55. The van der Waals surface area contributed by atoms with Crippen LogP contribution in [0.2, 0.25) is 0 Å². The van der Waals surface area contributed by atoms with Crippen LogP contribution in [0, 0.1) is 0 Å². The first-order valence-electron chi connectivity index (χ1n) is 6.27. The number of thiazole rings is 1. The van der Waals surface area contributed by atoms with Crippen LogP contribution in [0.15, 0.2) is 35.2 Å². The molecule has 3 nitrogen and oxygen atoms in total. The average molecular weight is 261 g/mol. The zero-order chi connectivity index (χ0) is 12.6. The summed E-state index contributed by atoms with van der Waals surface area (Å²) in [5.41, 5.74) is 11.0. The lowest BCUT2D eigenvalue weighted by atomic mass is 10.1. The van der Waals surface area contributed by atoms with E-state index in [0.717, 1.165) is 38.0 Å². The van der Waals surface area contributed by atoms with Crippen molar-refractivity contribution in [3.05, 3.63) is 46.4 Å². The van der Waals surface area contributed by atoms with Gasteiger partial charge in [0.15, 0.2) is 0 Å². The summed E-state index contributed by atoms with van der Waals surface area (Å²) >= 11 is 1.66. The van der Waals surface area contributed by atoms with Gasteiger partial charge in [-0.15, -0.1) is 11.3 Å². The van der Waals surface area contributed by atoms with Gasteiger partial charge < -0.3 is 11.1 Å². The van der Waals surface area contributed by atoms with Crippen LogP contribution in [0.3, 0.4) is 0 Å². The van der Waals surface area contributed by atoms with Gasteiger partial charge >= 0.3 is 0 Å². The van der Waals surface area contributed by atoms with Gasteiger partial charge in [-0.2, -0.15) is 0 Å². The maximum absolute atomic E-state index is 5.74. The minimum Gasteiger partial charge on any atom is -0.399 e. The lowest BCUT2D eigenvalue weighted by molar-refractivity contribution is 0.644. The highest BCUT2D eigenvalue weighted by atomic mass is 32.1. The quantitative estimate of drug-likeness (QED) is 0.595. The second-order valence-corrected chi connectivity index (χ2v) is 5.05. The van der Waals surface area contributed by atoms with Crippen LogP contribution in [-0.4, -0.2) is 18.1 Å². The van der Waals surface area contributed by atoms with Crippen LogP contribution in [-0.2, 0) is 12.8 Å². The normalized spacial score (nSPS) is 10.7. The number of benzene rings is 1. The van der Waals surface area contributed by atoms with Crippen molar-refractivity contribution in [2.24, 2.45) is 0 Å². The fraction of sp³-hybridized carbons (Fsp3) is 0.357. The Hall–Kier alpha value is -1.39. The standard InChI is InChI=1S/C14H19N3S/c15-13-5-1-3-12(9-13)4-2-7-16-8-6-14-10-18-11-17-14/h1,3,5,9-11,16H,2,4,6-8,15H2. The predicted octanol–water partition coefficient (Wildman–Crippen LogP) is 2.49. The summed E-state index contributed by atoms with van der Waals surface area (Å²) in [7, 11) is 0. The van der Waals surface area contributed by atoms with E-state index < -0.39 is 0 Å². The molecule has 3 N–H and O–H groups in total. The van der Waals surface area contributed by atoms with Crippen molar-refractivity contribution in [2.75, 3.05) is 18.8 Å². The molecule has 96 valence electrons. The monoisotopic (exact) mass is 261 g/mol. The number of nitrogens with two attached hydrogens (primary N) is 1. The molecule has 0 aliphatic carbocycles. The van der Waals surface area contributed by atoms with Crippen molar-refractivity contribution in [3.63, 3.8) is 0 Å². The Morgan fingerprint density at radius 2 is 2.17 bits per heavy atom. The first-order chi connectivity index (χ1) is 8.84. The molecular formula is C14H19N3S. The van der Waals surface area contributed by atoms with E-state index in [9.17, 15) is 0 Å². The molecule has 0 aliphatic rings. The van der Waals surface area contributed by atoms with Gasteiger partial charge in [0.2, 0.25) is 0 Å². The van der Waals surface area contributed by atoms with Gasteiger partial charge in [0.25, 0.3) is 0 Å². The molecule has 0 amide bonds. The first-order valence-corrected chi connectivity index (χ1v) is 7.21. The van der Waals surface area contributed by atoms with Gasteiger partial charge in [-0.05, 0) is 37.1 Å². The number of hydrogen-bond donors (Lipinski definition) is 2. The van der Waals surface area contributed by atoms with Crippen LogP contribution in [0.25, 0.3) is 0 Å². The zero-order valence-electron chi connectivity index (χ0n) is 10.4. The summed E-state index contributed by atoms with van der Waals surface area (Å²) in [4.78, 5) is 4.26. The van der Waals surface area contributed by atoms with Crippen molar-refractivity contribution in [3.8, 4) is 0 Å². The number of aromatic nitrogens is 1. The van der Waals surface area contributed by atoms with Gasteiger partial charge in [0.1, 0.15) is 0 Å². The van der Waals surface area contributed by atoms with Crippen molar-refractivity contribution in [2.45, 2.75) is 19.3 Å². The smallest absolute Gasteiger partial charge is 0.0794 e. The minimum atomic E-state index is 0.851. The SMILES string of the molecule is Nc1cccc(CCCNCCc2cscn2)c1. The third-order valence-electron chi connectivity index (χ3n) is 2.81. The van der Waals surface area contributed by atoms with Gasteiger partial charge in [0.05, 0.1) is 11.2 Å². The van der Waals surface area contributed by atoms with Gasteiger partial charge in [-0.3, -0.25) is 0 Å². The molecule has 0 unspecified atom stereocenters. The molecule has 0 aliphatic heterocycles. The van der Waals surface area contributed by atoms with Crippen LogP contribution >= 0.6 is 11.3 Å². The van der Waals surface area contributed by atoms with E-state index in [1.807, 2.05) is 17.6 Å². The summed E-state index contributed by atoms with van der Waals surface area (Å²) < 4.78 is 0. The largest absolute Gasteiger partial charge is 0.399 e. The third kappa shape index (κ3) is 4.47. The predicted molar refractivity (Wildman–Crippen MR) is 77.9 cm³/mol. The Bertz CT molecular complexity index is 454. The molecule has 2 rings (SSSR count). The highest BCUT2D eigenvalue weighted by Crippen LogP contribution is 2.08. The summed E-state index contributed by atoms with van der Waals surface area (Å²) in [6.07, 6.45) is 3.23. The second kappa shape index (κ2) is 7.13. The highest BCUT2D eigenvalue weighted by Gasteiger charge is 1.96. The average Bonchev–Trinajstić information content (AvgIpc) is 2.87. The van der Waals surface area contributed by atoms with E-state index in [1.165, 1.54) is 11.3 Å². The van der Waals surface area contributed by atoms with E-state index in [2.05, 4.69) is 27.8 Å². The van der Waals surface area contributed by atoms with Crippen molar-refractivity contribution in [1.29, 1.82) is 0 Å². The maximum atomic E-state index is 5.74. The number of aryl methyl sites for hydroxylation is 1. The highest BCUT2D eigenvalue weighted by molar-refractivity contribution is 7.07. The lowest BCUT2D eigenvalue weighted by Crippen LogP contribution is -2.19. The Morgan fingerprint density at radius 1 is 1.22 bits per heavy atom. The minimum absolute atomic E-state index is 0.851. The number of nitrogens with zero attached hydrogens (tertiary/aromatic N) is 1. The third-order valence-corrected chi connectivity index (χ3v) is 3.45. The Kier molecular flexibility index (Phi) is 5.17. The molecule has 0 saturated carbocycles. The van der Waals surface area contributed by atoms with E-state index in [4.69, 9.17) is 5.73 Å².